The Balaban J connectivity index is 1.66. The number of aliphatic carboxylic acids is 1. The predicted octanol–water partition coefficient (Wildman–Crippen LogP) is 3.70. The molecule has 43 heavy (non-hydrogen) atoms. The number of nitrogens with zero attached hydrogens (tertiary/aromatic N) is 4. The van der Waals surface area contributed by atoms with Gasteiger partial charge in [-0.25, -0.2) is 9.59 Å². The molecular formula is C31H48N6O6. The number of carbonyl (C=O) groups is 4. The van der Waals surface area contributed by atoms with Gasteiger partial charge in [-0.15, -0.1) is 0 Å². The number of nitrogens with one attached hydrogen (secondary N) is 2. The van der Waals surface area contributed by atoms with Crippen molar-refractivity contribution in [2.75, 3.05) is 6.54 Å². The first-order chi connectivity index (χ1) is 20.4. The van der Waals surface area contributed by atoms with Crippen molar-refractivity contribution < 1.29 is 29.0 Å². The van der Waals surface area contributed by atoms with E-state index in [1.165, 1.54) is 4.90 Å². The molecule has 0 spiro atoms. The molecular weight excluding hydrogens is 552 g/mol. The van der Waals surface area contributed by atoms with Gasteiger partial charge in [0.05, 0.1) is 17.4 Å². The molecule has 12 nitrogen and oxygen atoms in total. The largest absolute Gasteiger partial charge is 0.479 e. The highest BCUT2D eigenvalue weighted by Crippen LogP contribution is 2.45. The van der Waals surface area contributed by atoms with Crippen LogP contribution >= 0.6 is 0 Å². The third-order valence-corrected chi connectivity index (χ3v) is 8.41. The fourth-order valence-electron chi connectivity index (χ4n) is 6.11. The number of carboxylic acids is 1. The number of hydrogen-bond donors (Lipinski definition) is 3. The molecule has 3 heterocycles. The molecule has 3 amide bonds. The van der Waals surface area contributed by atoms with Crippen LogP contribution in [0, 0.1) is 5.92 Å². The molecule has 3 aliphatic rings. The van der Waals surface area contributed by atoms with E-state index in [1.807, 2.05) is 12.2 Å². The predicted molar refractivity (Wildman–Crippen MR) is 159 cm³/mol. The zero-order valence-corrected chi connectivity index (χ0v) is 26.2. The number of amides is 3. The molecule has 0 aromatic carbocycles. The van der Waals surface area contributed by atoms with E-state index in [9.17, 15) is 24.3 Å². The van der Waals surface area contributed by atoms with Crippen LogP contribution in [0.15, 0.2) is 12.2 Å². The van der Waals surface area contributed by atoms with E-state index < -0.39 is 47.1 Å². The van der Waals surface area contributed by atoms with Crippen LogP contribution in [0.1, 0.15) is 110 Å². The summed E-state index contributed by atoms with van der Waals surface area (Å²) in [7, 11) is 0. The number of carboxylic acid groups (broad SMARTS) is 1. The number of alkyl carbamates (subject to hydrolysis) is 1. The Kier molecular flexibility index (Phi) is 10.2. The van der Waals surface area contributed by atoms with Crippen LogP contribution in [0.4, 0.5) is 4.79 Å². The number of fused-ring (bicyclic) bond motifs is 2. The van der Waals surface area contributed by atoms with Gasteiger partial charge < -0.3 is 25.4 Å². The lowest BCUT2D eigenvalue weighted by Crippen LogP contribution is -2.56. The zero-order valence-electron chi connectivity index (χ0n) is 26.2. The average molecular weight is 601 g/mol. The first kappa shape index (κ1) is 32.5. The Hall–Kier alpha value is -3.44. The number of allylic oxidation sites excluding steroid dienone is 1. The number of rotatable bonds is 7. The Labute approximate surface area is 254 Å². The third-order valence-electron chi connectivity index (χ3n) is 8.41. The van der Waals surface area contributed by atoms with Gasteiger partial charge in [0.25, 0.3) is 0 Å². The van der Waals surface area contributed by atoms with E-state index in [0.29, 0.717) is 19.3 Å². The van der Waals surface area contributed by atoms with Gasteiger partial charge in [0.15, 0.2) is 0 Å². The lowest BCUT2D eigenvalue weighted by molar-refractivity contribution is -0.145. The molecule has 1 saturated carbocycles. The normalized spacial score (nSPS) is 29.0. The number of hydrogen-bond acceptors (Lipinski definition) is 7. The smallest absolute Gasteiger partial charge is 0.408 e. The Morgan fingerprint density at radius 1 is 1.12 bits per heavy atom. The Morgan fingerprint density at radius 2 is 1.79 bits per heavy atom. The highest BCUT2D eigenvalue weighted by atomic mass is 16.6. The van der Waals surface area contributed by atoms with Crippen LogP contribution < -0.4 is 10.6 Å². The summed E-state index contributed by atoms with van der Waals surface area (Å²) in [6.45, 7) is 9.59. The Bertz CT molecular complexity index is 1200. The van der Waals surface area contributed by atoms with Crippen molar-refractivity contribution in [3.8, 4) is 0 Å². The van der Waals surface area contributed by atoms with E-state index >= 15 is 0 Å². The number of ether oxygens (including phenoxy) is 1. The minimum absolute atomic E-state index is 0.165. The van der Waals surface area contributed by atoms with Gasteiger partial charge >= 0.3 is 12.1 Å². The molecule has 3 N–H and O–H groups in total. The maximum atomic E-state index is 14.2. The van der Waals surface area contributed by atoms with Gasteiger partial charge in [0, 0.05) is 18.9 Å². The summed E-state index contributed by atoms with van der Waals surface area (Å²) in [5.41, 5.74) is -0.288. The summed E-state index contributed by atoms with van der Waals surface area (Å²) in [5.74, 6) is -2.30. The lowest BCUT2D eigenvalue weighted by Gasteiger charge is -2.30. The van der Waals surface area contributed by atoms with Crippen LogP contribution in [0.2, 0.25) is 0 Å². The van der Waals surface area contributed by atoms with Crippen molar-refractivity contribution in [3.63, 3.8) is 0 Å². The van der Waals surface area contributed by atoms with Crippen LogP contribution in [-0.4, -0.2) is 78.6 Å². The van der Waals surface area contributed by atoms with E-state index in [0.717, 1.165) is 56.3 Å². The molecule has 1 saturated heterocycles. The molecule has 2 fully saturated rings. The van der Waals surface area contributed by atoms with Crippen molar-refractivity contribution in [1.82, 2.24) is 30.5 Å². The van der Waals surface area contributed by atoms with Crippen LogP contribution in [-0.2, 0) is 32.0 Å². The van der Waals surface area contributed by atoms with E-state index in [4.69, 9.17) is 14.9 Å². The summed E-state index contributed by atoms with van der Waals surface area (Å²) >= 11 is 0. The van der Waals surface area contributed by atoms with Gasteiger partial charge in [-0.2, -0.15) is 15.0 Å². The molecule has 1 aromatic heterocycles. The maximum Gasteiger partial charge on any atom is 0.408 e. The topological polar surface area (TPSA) is 156 Å². The molecule has 238 valence electrons. The molecule has 4 rings (SSSR count). The third kappa shape index (κ3) is 7.75. The van der Waals surface area contributed by atoms with Crippen molar-refractivity contribution >= 4 is 23.9 Å². The lowest BCUT2D eigenvalue weighted by atomic mass is 10.0. The SMILES string of the molecule is CCCc1nn([C@H]2C[C@H]3C(=O)N[C@@]4(C(=O)O)C[C@@H]4/C=C\CCCCC[C@@H](NC(=O)OC(C)(C)C)C(=O)N3C2)nc1CCC. The molecule has 2 aliphatic heterocycles. The Morgan fingerprint density at radius 3 is 2.40 bits per heavy atom. The number of carbonyl (C=O) groups excluding carboxylic acids is 3. The maximum absolute atomic E-state index is 14.2. The highest BCUT2D eigenvalue weighted by molar-refractivity contribution is 5.96. The molecule has 0 bridgehead atoms. The van der Waals surface area contributed by atoms with E-state index in [2.05, 4.69) is 24.5 Å². The van der Waals surface area contributed by atoms with Crippen molar-refractivity contribution in [1.29, 1.82) is 0 Å². The first-order valence-electron chi connectivity index (χ1n) is 15.8. The standard InChI is InChI=1S/C31H48N6O6/c1-6-13-22-23(14-7-2)35-37(34-22)21-17-25-26(38)33-31(28(40)41)18-20(31)15-11-9-8-10-12-16-24(27(39)36(25)19-21)32-29(42)43-30(3,4)5/h11,15,20-21,24-25H,6-10,12-14,16-19H2,1-5H3,(H,32,42)(H,33,38)(H,40,41)/b15-11-/t20-,21-,24+,25-,31-/m0/s1. The molecule has 1 aromatic rings. The highest BCUT2D eigenvalue weighted by Gasteiger charge is 2.61. The number of aryl methyl sites for hydroxylation is 2. The molecule has 0 radical (unpaired) electrons. The van der Waals surface area contributed by atoms with E-state index in [-0.39, 0.29) is 24.9 Å². The number of aromatic nitrogens is 3. The van der Waals surface area contributed by atoms with Gasteiger partial charge in [-0.05, 0) is 59.3 Å². The fraction of sp³-hybridized carbons (Fsp3) is 0.742. The van der Waals surface area contributed by atoms with Crippen molar-refractivity contribution in [2.45, 2.75) is 135 Å². The van der Waals surface area contributed by atoms with Crippen molar-refractivity contribution in [2.24, 2.45) is 5.92 Å². The quantitative estimate of drug-likeness (QED) is 0.400. The second-order valence-electron chi connectivity index (χ2n) is 13.2. The van der Waals surface area contributed by atoms with Crippen LogP contribution in [0.5, 0.6) is 0 Å². The average Bonchev–Trinajstić information content (AvgIpc) is 3.24. The molecule has 5 atom stereocenters. The molecule has 1 aliphatic carbocycles. The second kappa shape index (κ2) is 13.5. The summed E-state index contributed by atoms with van der Waals surface area (Å²) in [6.07, 6.45) is 10.7. The summed E-state index contributed by atoms with van der Waals surface area (Å²) < 4.78 is 5.46. The minimum atomic E-state index is -1.39. The zero-order chi connectivity index (χ0) is 31.4. The monoisotopic (exact) mass is 600 g/mol. The second-order valence-corrected chi connectivity index (χ2v) is 13.2. The van der Waals surface area contributed by atoms with Gasteiger partial charge in [-0.1, -0.05) is 51.7 Å². The first-order valence-corrected chi connectivity index (χ1v) is 15.8. The van der Waals surface area contributed by atoms with E-state index in [1.54, 1.807) is 25.6 Å². The summed E-state index contributed by atoms with van der Waals surface area (Å²) in [4.78, 5) is 56.2. The fourth-order valence-corrected chi connectivity index (χ4v) is 6.11. The van der Waals surface area contributed by atoms with Gasteiger partial charge in [0.2, 0.25) is 11.8 Å². The van der Waals surface area contributed by atoms with Gasteiger partial charge in [0.1, 0.15) is 23.2 Å². The molecule has 12 heteroatoms. The van der Waals surface area contributed by atoms with Crippen molar-refractivity contribution in [3.05, 3.63) is 23.5 Å². The molecule has 0 unspecified atom stereocenters. The summed E-state index contributed by atoms with van der Waals surface area (Å²) in [6, 6.07) is -2.22. The minimum Gasteiger partial charge on any atom is -0.479 e. The van der Waals surface area contributed by atoms with Crippen LogP contribution in [0.25, 0.3) is 0 Å². The van der Waals surface area contributed by atoms with Gasteiger partial charge in [-0.3, -0.25) is 9.59 Å². The van der Waals surface area contributed by atoms with Crippen LogP contribution in [0.3, 0.4) is 0 Å². The summed E-state index contributed by atoms with van der Waals surface area (Å²) in [5, 5.41) is 25.2.